The molecule has 0 bridgehead atoms. The number of aryl methyl sites for hydroxylation is 1. The average Bonchev–Trinajstić information content (AvgIpc) is 2.41. The summed E-state index contributed by atoms with van der Waals surface area (Å²) in [5.74, 6) is 0.687. The van der Waals surface area contributed by atoms with Crippen LogP contribution in [0.4, 0.5) is 0 Å². The van der Waals surface area contributed by atoms with E-state index in [1.807, 2.05) is 31.5 Å². The van der Waals surface area contributed by atoms with Crippen LogP contribution in [0.5, 0.6) is 0 Å². The third kappa shape index (κ3) is 3.11. The van der Waals surface area contributed by atoms with E-state index >= 15 is 0 Å². The van der Waals surface area contributed by atoms with Crippen LogP contribution in [-0.2, 0) is 6.54 Å². The SMILES string of the molecule is CCCNCc1cnc(-c2ncccc2C)nc1. The molecule has 0 radical (unpaired) electrons. The molecular weight excluding hydrogens is 224 g/mol. The van der Waals surface area contributed by atoms with Gasteiger partial charge in [0.2, 0.25) is 0 Å². The summed E-state index contributed by atoms with van der Waals surface area (Å²) in [4.78, 5) is 13.1. The molecule has 4 heteroatoms. The summed E-state index contributed by atoms with van der Waals surface area (Å²) in [5.41, 5.74) is 3.04. The standard InChI is InChI=1S/C14H18N4/c1-3-6-15-8-12-9-17-14(18-10-12)13-11(2)5-4-7-16-13/h4-5,7,9-10,15H,3,6,8H2,1-2H3. The predicted molar refractivity (Wildman–Crippen MR) is 72.0 cm³/mol. The predicted octanol–water partition coefficient (Wildman–Crippen LogP) is 2.35. The lowest BCUT2D eigenvalue weighted by atomic mass is 10.2. The fourth-order valence-corrected chi connectivity index (χ4v) is 1.70. The minimum absolute atomic E-state index is 0.687. The van der Waals surface area contributed by atoms with Gasteiger partial charge >= 0.3 is 0 Å². The second kappa shape index (κ2) is 6.21. The van der Waals surface area contributed by atoms with Crippen LogP contribution in [0, 0.1) is 6.92 Å². The summed E-state index contributed by atoms with van der Waals surface area (Å²) < 4.78 is 0. The third-order valence-corrected chi connectivity index (χ3v) is 2.68. The van der Waals surface area contributed by atoms with Crippen molar-refractivity contribution in [1.29, 1.82) is 0 Å². The smallest absolute Gasteiger partial charge is 0.178 e. The number of pyridine rings is 1. The van der Waals surface area contributed by atoms with Crippen molar-refractivity contribution in [2.45, 2.75) is 26.8 Å². The summed E-state index contributed by atoms with van der Waals surface area (Å²) in [6.45, 7) is 6.00. The van der Waals surface area contributed by atoms with Crippen molar-refractivity contribution in [2.24, 2.45) is 0 Å². The van der Waals surface area contributed by atoms with Gasteiger partial charge in [-0.05, 0) is 31.5 Å². The Hall–Kier alpha value is -1.81. The van der Waals surface area contributed by atoms with Crippen LogP contribution in [0.3, 0.4) is 0 Å². The van der Waals surface area contributed by atoms with Crippen LogP contribution >= 0.6 is 0 Å². The number of hydrogen-bond acceptors (Lipinski definition) is 4. The second-order valence-electron chi connectivity index (χ2n) is 4.26. The Bertz CT molecular complexity index is 493. The first-order valence-electron chi connectivity index (χ1n) is 6.25. The Labute approximate surface area is 108 Å². The van der Waals surface area contributed by atoms with Crippen LogP contribution < -0.4 is 5.32 Å². The van der Waals surface area contributed by atoms with Crippen LogP contribution in [0.25, 0.3) is 11.5 Å². The van der Waals surface area contributed by atoms with Crippen LogP contribution in [0.15, 0.2) is 30.7 Å². The van der Waals surface area contributed by atoms with Crippen molar-refractivity contribution in [2.75, 3.05) is 6.54 Å². The van der Waals surface area contributed by atoms with Gasteiger partial charge in [0.1, 0.15) is 5.69 Å². The molecule has 0 saturated heterocycles. The van der Waals surface area contributed by atoms with Gasteiger partial charge in [-0.25, -0.2) is 9.97 Å². The molecule has 4 nitrogen and oxygen atoms in total. The first kappa shape index (κ1) is 12.6. The Morgan fingerprint density at radius 1 is 1.17 bits per heavy atom. The summed E-state index contributed by atoms with van der Waals surface area (Å²) in [5, 5.41) is 3.33. The molecule has 0 aliphatic carbocycles. The maximum absolute atomic E-state index is 4.37. The molecule has 0 amide bonds. The van der Waals surface area contributed by atoms with Gasteiger partial charge in [-0.1, -0.05) is 13.0 Å². The molecule has 0 aromatic carbocycles. The summed E-state index contributed by atoms with van der Waals surface area (Å²) in [6, 6.07) is 3.93. The van der Waals surface area contributed by atoms with E-state index in [1.54, 1.807) is 6.20 Å². The van der Waals surface area contributed by atoms with Crippen molar-refractivity contribution in [1.82, 2.24) is 20.3 Å². The highest BCUT2D eigenvalue weighted by atomic mass is 14.9. The molecule has 0 atom stereocenters. The highest BCUT2D eigenvalue weighted by Crippen LogP contribution is 2.15. The number of nitrogens with zero attached hydrogens (tertiary/aromatic N) is 3. The Balaban J connectivity index is 2.10. The zero-order chi connectivity index (χ0) is 12.8. The van der Waals surface area contributed by atoms with Gasteiger partial charge in [0.05, 0.1) is 0 Å². The summed E-state index contributed by atoms with van der Waals surface area (Å²) in [7, 11) is 0. The molecule has 2 aromatic heterocycles. The molecule has 0 saturated carbocycles. The maximum atomic E-state index is 4.37. The molecule has 0 unspecified atom stereocenters. The maximum Gasteiger partial charge on any atom is 0.178 e. The average molecular weight is 242 g/mol. The molecule has 0 aliphatic rings. The quantitative estimate of drug-likeness (QED) is 0.818. The fraction of sp³-hybridized carbons (Fsp3) is 0.357. The number of hydrogen-bond donors (Lipinski definition) is 1. The lowest BCUT2D eigenvalue weighted by molar-refractivity contribution is 0.672. The van der Waals surface area contributed by atoms with Gasteiger partial charge < -0.3 is 5.32 Å². The van der Waals surface area contributed by atoms with Crippen molar-refractivity contribution in [3.05, 3.63) is 41.9 Å². The molecule has 94 valence electrons. The van der Waals surface area contributed by atoms with Crippen molar-refractivity contribution in [3.63, 3.8) is 0 Å². The van der Waals surface area contributed by atoms with E-state index in [-0.39, 0.29) is 0 Å². The highest BCUT2D eigenvalue weighted by Gasteiger charge is 2.05. The molecule has 2 rings (SSSR count). The summed E-state index contributed by atoms with van der Waals surface area (Å²) in [6.07, 6.45) is 6.62. The lowest BCUT2D eigenvalue weighted by Crippen LogP contribution is -2.14. The molecule has 2 aromatic rings. The minimum Gasteiger partial charge on any atom is -0.313 e. The van der Waals surface area contributed by atoms with Gasteiger partial charge in [-0.15, -0.1) is 0 Å². The summed E-state index contributed by atoms with van der Waals surface area (Å²) >= 11 is 0. The largest absolute Gasteiger partial charge is 0.313 e. The van der Waals surface area contributed by atoms with E-state index < -0.39 is 0 Å². The van der Waals surface area contributed by atoms with Gasteiger partial charge in [-0.2, -0.15) is 0 Å². The van der Waals surface area contributed by atoms with E-state index in [4.69, 9.17) is 0 Å². The topological polar surface area (TPSA) is 50.7 Å². The normalized spacial score (nSPS) is 10.6. The monoisotopic (exact) mass is 242 g/mol. The van der Waals surface area contributed by atoms with Gasteiger partial charge in [-0.3, -0.25) is 4.98 Å². The second-order valence-corrected chi connectivity index (χ2v) is 4.26. The van der Waals surface area contributed by atoms with Crippen LogP contribution in [0.2, 0.25) is 0 Å². The molecule has 0 aliphatic heterocycles. The van der Waals surface area contributed by atoms with Crippen molar-refractivity contribution >= 4 is 0 Å². The zero-order valence-corrected chi connectivity index (χ0v) is 10.8. The number of nitrogens with one attached hydrogen (secondary N) is 1. The third-order valence-electron chi connectivity index (χ3n) is 2.68. The molecule has 2 heterocycles. The molecule has 18 heavy (non-hydrogen) atoms. The van der Waals surface area contributed by atoms with Gasteiger partial charge in [0, 0.05) is 30.7 Å². The van der Waals surface area contributed by atoms with Crippen LogP contribution in [0.1, 0.15) is 24.5 Å². The Morgan fingerprint density at radius 3 is 2.61 bits per heavy atom. The highest BCUT2D eigenvalue weighted by molar-refractivity contribution is 5.53. The zero-order valence-electron chi connectivity index (χ0n) is 10.8. The number of rotatable bonds is 5. The Kier molecular flexibility index (Phi) is 4.36. The van der Waals surface area contributed by atoms with E-state index in [0.29, 0.717) is 5.82 Å². The van der Waals surface area contributed by atoms with Crippen molar-refractivity contribution < 1.29 is 0 Å². The lowest BCUT2D eigenvalue weighted by Gasteiger charge is -2.05. The first-order chi connectivity index (χ1) is 8.81. The van der Waals surface area contributed by atoms with Crippen molar-refractivity contribution in [3.8, 4) is 11.5 Å². The van der Waals surface area contributed by atoms with E-state index in [9.17, 15) is 0 Å². The minimum atomic E-state index is 0.687. The molecular formula is C14H18N4. The van der Waals surface area contributed by atoms with Gasteiger partial charge in [0.25, 0.3) is 0 Å². The molecule has 0 fully saturated rings. The van der Waals surface area contributed by atoms with E-state index in [2.05, 4.69) is 27.2 Å². The number of aromatic nitrogens is 3. The van der Waals surface area contributed by atoms with E-state index in [1.165, 1.54) is 0 Å². The first-order valence-corrected chi connectivity index (χ1v) is 6.25. The fourth-order valence-electron chi connectivity index (χ4n) is 1.70. The van der Waals surface area contributed by atoms with Gasteiger partial charge in [0.15, 0.2) is 5.82 Å². The molecule has 0 spiro atoms. The Morgan fingerprint density at radius 2 is 1.94 bits per heavy atom. The molecule has 1 N–H and O–H groups in total. The van der Waals surface area contributed by atoms with Crippen LogP contribution in [-0.4, -0.2) is 21.5 Å². The van der Waals surface area contributed by atoms with E-state index in [0.717, 1.165) is 36.3 Å².